The topological polar surface area (TPSA) is 90.4 Å². The molecule has 0 bridgehead atoms. The number of aromatic nitrogens is 2. The van der Waals surface area contributed by atoms with Crippen LogP contribution in [-0.2, 0) is 10.5 Å². The van der Waals surface area contributed by atoms with Gasteiger partial charge in [-0.2, -0.15) is 0 Å². The number of ether oxygens (including phenoxy) is 1. The number of carbonyl (C=O) groups excluding carboxylic acids is 1. The molecule has 0 unspecified atom stereocenters. The molecule has 0 aliphatic carbocycles. The number of benzene rings is 1. The summed E-state index contributed by atoms with van der Waals surface area (Å²) in [6, 6.07) is 5.81. The monoisotopic (exact) mass is 361 g/mol. The average Bonchev–Trinajstić information content (AvgIpc) is 3.24. The third-order valence-electron chi connectivity index (χ3n) is 3.52. The van der Waals surface area contributed by atoms with Crippen LogP contribution in [-0.4, -0.2) is 36.1 Å². The molecule has 0 fully saturated rings. The Balaban J connectivity index is 1.55. The first-order chi connectivity index (χ1) is 12.2. The van der Waals surface area contributed by atoms with Gasteiger partial charge < -0.3 is 18.9 Å². The molecule has 132 valence electrons. The molecule has 8 heteroatoms. The van der Waals surface area contributed by atoms with Crippen LogP contribution in [0.4, 0.5) is 0 Å². The quantitative estimate of drug-likeness (QED) is 0.487. The van der Waals surface area contributed by atoms with Gasteiger partial charge in [-0.15, -0.1) is 0 Å². The maximum atomic E-state index is 11.9. The second kappa shape index (κ2) is 8.17. The van der Waals surface area contributed by atoms with Gasteiger partial charge in [-0.25, -0.2) is 9.97 Å². The zero-order valence-corrected chi connectivity index (χ0v) is 14.9. The van der Waals surface area contributed by atoms with Gasteiger partial charge in [0.15, 0.2) is 11.3 Å². The number of nitrogens with one attached hydrogen (secondary N) is 1. The fourth-order valence-electron chi connectivity index (χ4n) is 2.24. The van der Waals surface area contributed by atoms with Crippen LogP contribution in [0.2, 0.25) is 0 Å². The molecule has 2 heterocycles. The summed E-state index contributed by atoms with van der Waals surface area (Å²) >= 11 is 1.38. The fraction of sp³-hybridized carbons (Fsp3) is 0.353. The molecule has 2 aromatic heterocycles. The summed E-state index contributed by atoms with van der Waals surface area (Å²) in [7, 11) is 1.63. The number of amides is 1. The van der Waals surface area contributed by atoms with Crippen LogP contribution in [0.15, 0.2) is 38.5 Å². The van der Waals surface area contributed by atoms with Gasteiger partial charge in [0.1, 0.15) is 11.8 Å². The van der Waals surface area contributed by atoms with E-state index >= 15 is 0 Å². The van der Waals surface area contributed by atoms with Gasteiger partial charge in [-0.3, -0.25) is 4.79 Å². The third-order valence-corrected chi connectivity index (χ3v) is 4.33. The lowest BCUT2D eigenvalue weighted by Gasteiger charge is -2.01. The molecule has 7 nitrogen and oxygen atoms in total. The van der Waals surface area contributed by atoms with Crippen molar-refractivity contribution in [3.05, 3.63) is 41.6 Å². The first-order valence-corrected chi connectivity index (χ1v) is 8.86. The molecular formula is C17H19N3O4S. The molecule has 1 amide bonds. The standard InChI is InChI=1S/C17H19N3O4S/c1-11-5-3-6-13-15(11)20-17(24-13)25-10-14-19-12(9-23-14)16(21)18-7-4-8-22-2/h3,5-6,9H,4,7-8,10H2,1-2H3,(H,18,21). The summed E-state index contributed by atoms with van der Waals surface area (Å²) < 4.78 is 16.0. The van der Waals surface area contributed by atoms with Crippen LogP contribution in [0.3, 0.4) is 0 Å². The molecule has 0 aliphatic rings. The van der Waals surface area contributed by atoms with E-state index in [-0.39, 0.29) is 11.6 Å². The lowest BCUT2D eigenvalue weighted by atomic mass is 10.2. The SMILES string of the molecule is COCCCNC(=O)c1coc(CSc2nc3c(C)cccc3o2)n1. The molecule has 3 aromatic rings. The van der Waals surface area contributed by atoms with Crippen molar-refractivity contribution < 1.29 is 18.4 Å². The number of oxazole rings is 2. The van der Waals surface area contributed by atoms with Crippen molar-refractivity contribution in [3.8, 4) is 0 Å². The van der Waals surface area contributed by atoms with E-state index in [2.05, 4.69) is 15.3 Å². The molecule has 0 aliphatic heterocycles. The maximum absolute atomic E-state index is 11.9. The summed E-state index contributed by atoms with van der Waals surface area (Å²) in [4.78, 5) is 20.6. The lowest BCUT2D eigenvalue weighted by molar-refractivity contribution is 0.0943. The minimum absolute atomic E-state index is 0.256. The number of rotatable bonds is 8. The predicted octanol–water partition coefficient (Wildman–Crippen LogP) is 3.18. The number of hydrogen-bond donors (Lipinski definition) is 1. The van der Waals surface area contributed by atoms with Crippen LogP contribution < -0.4 is 5.32 Å². The largest absolute Gasteiger partial charge is 0.447 e. The van der Waals surface area contributed by atoms with Gasteiger partial charge in [0.2, 0.25) is 5.89 Å². The Hall–Kier alpha value is -2.32. The third kappa shape index (κ3) is 4.40. The van der Waals surface area contributed by atoms with E-state index in [4.69, 9.17) is 13.6 Å². The first kappa shape index (κ1) is 17.5. The molecule has 1 N–H and O–H groups in total. The summed E-state index contributed by atoms with van der Waals surface area (Å²) in [5, 5.41) is 3.31. The number of nitrogens with zero attached hydrogens (tertiary/aromatic N) is 2. The van der Waals surface area contributed by atoms with Crippen LogP contribution in [0.1, 0.15) is 28.4 Å². The number of methoxy groups -OCH3 is 1. The van der Waals surface area contributed by atoms with E-state index in [1.165, 1.54) is 18.0 Å². The molecule has 1 aromatic carbocycles. The summed E-state index contributed by atoms with van der Waals surface area (Å²) in [6.45, 7) is 3.13. The minimum Gasteiger partial charge on any atom is -0.447 e. The first-order valence-electron chi connectivity index (χ1n) is 7.88. The number of carbonyl (C=O) groups is 1. The second-order valence-corrected chi connectivity index (χ2v) is 6.35. The molecule has 0 saturated carbocycles. The highest BCUT2D eigenvalue weighted by Crippen LogP contribution is 2.27. The van der Waals surface area contributed by atoms with E-state index in [9.17, 15) is 4.79 Å². The minimum atomic E-state index is -0.256. The van der Waals surface area contributed by atoms with Crippen molar-refractivity contribution in [2.45, 2.75) is 24.3 Å². The molecular weight excluding hydrogens is 342 g/mol. The van der Waals surface area contributed by atoms with Crippen LogP contribution in [0.25, 0.3) is 11.1 Å². The Morgan fingerprint density at radius 3 is 3.04 bits per heavy atom. The molecule has 0 radical (unpaired) electrons. The summed E-state index contributed by atoms with van der Waals surface area (Å²) in [6.07, 6.45) is 2.11. The number of para-hydroxylation sites is 1. The zero-order valence-electron chi connectivity index (χ0n) is 14.1. The number of fused-ring (bicyclic) bond motifs is 1. The normalized spacial score (nSPS) is 11.1. The van der Waals surface area contributed by atoms with Crippen molar-refractivity contribution in [2.75, 3.05) is 20.3 Å². The van der Waals surface area contributed by atoms with E-state index in [1.54, 1.807) is 7.11 Å². The van der Waals surface area contributed by atoms with Gasteiger partial charge in [-0.05, 0) is 25.0 Å². The van der Waals surface area contributed by atoms with Gasteiger partial charge in [0, 0.05) is 20.3 Å². The fourth-order valence-corrected chi connectivity index (χ4v) is 2.93. The predicted molar refractivity (Wildman–Crippen MR) is 93.6 cm³/mol. The van der Waals surface area contributed by atoms with E-state index in [1.807, 2.05) is 25.1 Å². The number of hydrogen-bond acceptors (Lipinski definition) is 7. The lowest BCUT2D eigenvalue weighted by Crippen LogP contribution is -2.25. The van der Waals surface area contributed by atoms with E-state index in [0.717, 1.165) is 23.1 Å². The van der Waals surface area contributed by atoms with Gasteiger partial charge >= 0.3 is 0 Å². The summed E-state index contributed by atoms with van der Waals surface area (Å²) in [5.74, 6) is 0.627. The van der Waals surface area contributed by atoms with E-state index < -0.39 is 0 Å². The molecule has 0 saturated heterocycles. The Kier molecular flexibility index (Phi) is 5.72. The van der Waals surface area contributed by atoms with Crippen molar-refractivity contribution >= 4 is 28.8 Å². The molecule has 25 heavy (non-hydrogen) atoms. The van der Waals surface area contributed by atoms with Crippen molar-refractivity contribution in [3.63, 3.8) is 0 Å². The Morgan fingerprint density at radius 1 is 1.36 bits per heavy atom. The van der Waals surface area contributed by atoms with Crippen LogP contribution in [0.5, 0.6) is 0 Å². The molecule has 0 spiro atoms. The Bertz CT molecular complexity index is 859. The van der Waals surface area contributed by atoms with E-state index in [0.29, 0.717) is 30.0 Å². The molecule has 0 atom stereocenters. The van der Waals surface area contributed by atoms with Gasteiger partial charge in [0.25, 0.3) is 11.1 Å². The highest BCUT2D eigenvalue weighted by Gasteiger charge is 2.14. The zero-order chi connectivity index (χ0) is 17.6. The van der Waals surface area contributed by atoms with Gasteiger partial charge in [0.05, 0.1) is 5.75 Å². The van der Waals surface area contributed by atoms with Crippen LogP contribution in [0, 0.1) is 6.92 Å². The van der Waals surface area contributed by atoms with Crippen molar-refractivity contribution in [1.29, 1.82) is 0 Å². The number of aryl methyl sites for hydroxylation is 1. The summed E-state index contributed by atoms with van der Waals surface area (Å²) in [5.41, 5.74) is 2.94. The Labute approximate surface area is 149 Å². The van der Waals surface area contributed by atoms with Crippen LogP contribution >= 0.6 is 11.8 Å². The highest BCUT2D eigenvalue weighted by atomic mass is 32.2. The molecule has 3 rings (SSSR count). The highest BCUT2D eigenvalue weighted by molar-refractivity contribution is 7.98. The second-order valence-electron chi connectivity index (χ2n) is 5.42. The maximum Gasteiger partial charge on any atom is 0.273 e. The van der Waals surface area contributed by atoms with Crippen molar-refractivity contribution in [1.82, 2.24) is 15.3 Å². The average molecular weight is 361 g/mol. The van der Waals surface area contributed by atoms with Crippen molar-refractivity contribution in [2.24, 2.45) is 0 Å². The Morgan fingerprint density at radius 2 is 2.24 bits per heavy atom. The smallest absolute Gasteiger partial charge is 0.273 e. The number of thioether (sulfide) groups is 1. The van der Waals surface area contributed by atoms with Gasteiger partial charge in [-0.1, -0.05) is 23.9 Å².